The number of carboxylic acids is 1. The van der Waals surface area contributed by atoms with Crippen molar-refractivity contribution in [3.8, 4) is 0 Å². The number of alkyl halides is 2. The van der Waals surface area contributed by atoms with Gasteiger partial charge in [0, 0.05) is 31.1 Å². The molecule has 0 atom stereocenters. The third kappa shape index (κ3) is 8.55. The van der Waals surface area contributed by atoms with Gasteiger partial charge in [0.2, 0.25) is 5.91 Å². The van der Waals surface area contributed by atoms with E-state index in [9.17, 15) is 9.59 Å². The maximum Gasteiger partial charge on any atom is 0.303 e. The molecule has 1 aromatic rings. The van der Waals surface area contributed by atoms with Crippen LogP contribution in [0.5, 0.6) is 0 Å². The first-order valence-electron chi connectivity index (χ1n) is 8.26. The Bertz CT molecular complexity index is 499. The quantitative estimate of drug-likeness (QED) is 0.545. The molecule has 134 valence electrons. The number of rotatable bonds is 12. The van der Waals surface area contributed by atoms with Gasteiger partial charge in [-0.1, -0.05) is 24.3 Å². The fraction of sp³-hybridized carbons (Fsp3) is 0.556. The molecule has 1 amide bonds. The second-order valence-corrected chi connectivity index (χ2v) is 6.50. The van der Waals surface area contributed by atoms with Gasteiger partial charge < -0.3 is 10.4 Å². The molecule has 0 aliphatic rings. The summed E-state index contributed by atoms with van der Waals surface area (Å²) in [5.74, 6) is 0.665. The summed E-state index contributed by atoms with van der Waals surface area (Å²) >= 11 is 11.7. The highest BCUT2D eigenvalue weighted by Crippen LogP contribution is 2.25. The lowest BCUT2D eigenvalue weighted by Gasteiger charge is -2.15. The van der Waals surface area contributed by atoms with E-state index >= 15 is 0 Å². The molecule has 0 radical (unpaired) electrons. The molecule has 0 heterocycles. The van der Waals surface area contributed by atoms with Crippen LogP contribution < -0.4 is 5.32 Å². The van der Waals surface area contributed by atoms with Crippen LogP contribution in [0.15, 0.2) is 24.3 Å². The van der Waals surface area contributed by atoms with Crippen molar-refractivity contribution in [2.24, 2.45) is 0 Å². The van der Waals surface area contributed by atoms with Crippen LogP contribution in [0.25, 0.3) is 0 Å². The number of amides is 1. The molecule has 2 N–H and O–H groups in total. The number of carboxylic acid groups (broad SMARTS) is 1. The van der Waals surface area contributed by atoms with E-state index in [1.165, 1.54) is 5.56 Å². The maximum atomic E-state index is 11.6. The largest absolute Gasteiger partial charge is 0.481 e. The number of benzene rings is 1. The summed E-state index contributed by atoms with van der Waals surface area (Å²) in [5, 5.41) is 11.3. The van der Waals surface area contributed by atoms with Crippen LogP contribution in [0, 0.1) is 0 Å². The normalized spacial score (nSPS) is 10.8. The van der Waals surface area contributed by atoms with E-state index in [-0.39, 0.29) is 18.7 Å². The average Bonchev–Trinajstić information content (AvgIpc) is 2.55. The first-order valence-corrected chi connectivity index (χ1v) is 9.33. The zero-order valence-electron chi connectivity index (χ0n) is 13.8. The number of aliphatic carboxylic acids is 1. The van der Waals surface area contributed by atoms with Gasteiger partial charge in [0.15, 0.2) is 0 Å². The highest BCUT2D eigenvalue weighted by molar-refractivity contribution is 6.18. The Morgan fingerprint density at radius 3 is 2.21 bits per heavy atom. The predicted molar refractivity (Wildman–Crippen MR) is 98.1 cm³/mol. The minimum Gasteiger partial charge on any atom is -0.481 e. The Morgan fingerprint density at radius 2 is 1.67 bits per heavy atom. The summed E-state index contributed by atoms with van der Waals surface area (Å²) in [6.07, 6.45) is 3.24. The smallest absolute Gasteiger partial charge is 0.303 e. The summed E-state index contributed by atoms with van der Waals surface area (Å²) in [5.41, 5.74) is 2.40. The number of carbonyl (C=O) groups is 2. The van der Waals surface area contributed by atoms with Gasteiger partial charge >= 0.3 is 5.97 Å². The van der Waals surface area contributed by atoms with Crippen molar-refractivity contribution in [1.82, 2.24) is 5.32 Å². The molecular weight excluding hydrogens is 349 g/mol. The van der Waals surface area contributed by atoms with Gasteiger partial charge in [0.05, 0.1) is 0 Å². The monoisotopic (exact) mass is 373 g/mol. The van der Waals surface area contributed by atoms with Crippen LogP contribution in [0.2, 0.25) is 0 Å². The van der Waals surface area contributed by atoms with Gasteiger partial charge in [-0.2, -0.15) is 0 Å². The Hall–Kier alpha value is -1.26. The van der Waals surface area contributed by atoms with Crippen LogP contribution in [0.3, 0.4) is 0 Å². The molecule has 0 aromatic heterocycles. The van der Waals surface area contributed by atoms with Crippen molar-refractivity contribution in [1.29, 1.82) is 0 Å². The summed E-state index contributed by atoms with van der Waals surface area (Å²) in [4.78, 5) is 22.0. The van der Waals surface area contributed by atoms with E-state index < -0.39 is 5.97 Å². The Balaban J connectivity index is 2.36. The summed E-state index contributed by atoms with van der Waals surface area (Å²) in [6, 6.07) is 8.35. The minimum absolute atomic E-state index is 0.0284. The van der Waals surface area contributed by atoms with Crippen LogP contribution in [-0.2, 0) is 16.0 Å². The molecule has 0 aliphatic heterocycles. The molecule has 24 heavy (non-hydrogen) atoms. The molecule has 0 aliphatic carbocycles. The van der Waals surface area contributed by atoms with Crippen molar-refractivity contribution in [3.63, 3.8) is 0 Å². The first kappa shape index (κ1) is 20.8. The molecule has 1 rings (SSSR count). The predicted octanol–water partition coefficient (Wildman–Crippen LogP) is 3.94. The molecule has 0 bridgehead atoms. The number of halogens is 2. The number of nitrogens with one attached hydrogen (secondary N) is 1. The minimum atomic E-state index is -0.871. The average molecular weight is 374 g/mol. The topological polar surface area (TPSA) is 66.4 Å². The second kappa shape index (κ2) is 12.2. The second-order valence-electron chi connectivity index (χ2n) is 5.74. The molecule has 0 fully saturated rings. The fourth-order valence-electron chi connectivity index (χ4n) is 2.53. The lowest BCUT2D eigenvalue weighted by Crippen LogP contribution is -2.25. The molecule has 0 saturated carbocycles. The Labute approximate surface area is 153 Å². The van der Waals surface area contributed by atoms with Crippen molar-refractivity contribution in [2.45, 2.75) is 44.4 Å². The highest BCUT2D eigenvalue weighted by Gasteiger charge is 2.10. The lowest BCUT2D eigenvalue weighted by molar-refractivity contribution is -0.137. The van der Waals surface area contributed by atoms with E-state index in [1.54, 1.807) is 0 Å². The van der Waals surface area contributed by atoms with E-state index in [2.05, 4.69) is 29.6 Å². The first-order chi connectivity index (χ1) is 11.6. The lowest BCUT2D eigenvalue weighted by atomic mass is 9.93. The van der Waals surface area contributed by atoms with Crippen LogP contribution in [-0.4, -0.2) is 35.3 Å². The van der Waals surface area contributed by atoms with Gasteiger partial charge in [-0.25, -0.2) is 0 Å². The van der Waals surface area contributed by atoms with Crippen LogP contribution in [0.4, 0.5) is 0 Å². The zero-order chi connectivity index (χ0) is 17.8. The zero-order valence-corrected chi connectivity index (χ0v) is 15.3. The summed E-state index contributed by atoms with van der Waals surface area (Å²) in [6.45, 7) is 0.554. The van der Waals surface area contributed by atoms with Gasteiger partial charge in [0.1, 0.15) is 0 Å². The molecule has 0 saturated heterocycles. The molecule has 6 heteroatoms. The van der Waals surface area contributed by atoms with Crippen molar-refractivity contribution in [2.75, 3.05) is 18.3 Å². The molecule has 4 nitrogen and oxygen atoms in total. The maximum absolute atomic E-state index is 11.6. The number of hydrogen-bond acceptors (Lipinski definition) is 2. The third-order valence-electron chi connectivity index (χ3n) is 3.90. The van der Waals surface area contributed by atoms with Crippen molar-refractivity contribution in [3.05, 3.63) is 35.4 Å². The third-order valence-corrected chi connectivity index (χ3v) is 4.33. The van der Waals surface area contributed by atoms with Crippen LogP contribution >= 0.6 is 23.2 Å². The van der Waals surface area contributed by atoms with E-state index in [4.69, 9.17) is 28.3 Å². The number of carbonyl (C=O) groups excluding carboxylic acids is 1. The SMILES string of the molecule is O=C(O)CCCC(=O)NCCc1ccc(C(CCCl)CCCl)cc1. The number of hydrogen-bond donors (Lipinski definition) is 2. The molecule has 0 spiro atoms. The standard InChI is InChI=1S/C18H25Cl2NO3/c19-11-8-16(9-12-20)15-6-4-14(5-7-15)10-13-21-17(22)2-1-3-18(23)24/h4-7,16H,1-3,8-13H2,(H,21,22)(H,23,24). The van der Waals surface area contributed by atoms with E-state index in [1.807, 2.05) is 0 Å². The van der Waals surface area contributed by atoms with Crippen LogP contribution in [0.1, 0.15) is 49.1 Å². The van der Waals surface area contributed by atoms with E-state index in [0.717, 1.165) is 24.8 Å². The molecule has 1 aromatic carbocycles. The Morgan fingerprint density at radius 1 is 1.04 bits per heavy atom. The molecular formula is C18H25Cl2NO3. The fourth-order valence-corrected chi connectivity index (χ4v) is 3.06. The van der Waals surface area contributed by atoms with Gasteiger partial charge in [-0.15, -0.1) is 23.2 Å². The van der Waals surface area contributed by atoms with Gasteiger partial charge in [0.25, 0.3) is 0 Å². The summed E-state index contributed by atoms with van der Waals surface area (Å²) in [7, 11) is 0. The van der Waals surface area contributed by atoms with E-state index in [0.29, 0.717) is 30.6 Å². The van der Waals surface area contributed by atoms with Gasteiger partial charge in [-0.05, 0) is 42.7 Å². The summed E-state index contributed by atoms with van der Waals surface area (Å²) < 4.78 is 0. The van der Waals surface area contributed by atoms with Gasteiger partial charge in [-0.3, -0.25) is 9.59 Å². The van der Waals surface area contributed by atoms with Crippen molar-refractivity contribution < 1.29 is 14.7 Å². The Kier molecular flexibility index (Phi) is 10.5. The molecule has 0 unspecified atom stereocenters. The van der Waals surface area contributed by atoms with Crippen molar-refractivity contribution >= 4 is 35.1 Å². The highest BCUT2D eigenvalue weighted by atomic mass is 35.5.